The quantitative estimate of drug-likeness (QED) is 0.412. The van der Waals surface area contributed by atoms with Crippen molar-refractivity contribution < 1.29 is 14.3 Å². The van der Waals surface area contributed by atoms with Gasteiger partial charge in [-0.3, -0.25) is 9.59 Å². The summed E-state index contributed by atoms with van der Waals surface area (Å²) in [6.07, 6.45) is 2.85. The van der Waals surface area contributed by atoms with Crippen molar-refractivity contribution in [1.82, 2.24) is 14.9 Å². The van der Waals surface area contributed by atoms with Crippen molar-refractivity contribution in [3.63, 3.8) is 0 Å². The summed E-state index contributed by atoms with van der Waals surface area (Å²) >= 11 is 0. The van der Waals surface area contributed by atoms with Crippen LogP contribution in [0.3, 0.4) is 0 Å². The van der Waals surface area contributed by atoms with E-state index in [1.54, 1.807) is 32.4 Å². The van der Waals surface area contributed by atoms with Gasteiger partial charge in [-0.1, -0.05) is 18.7 Å². The second-order valence-electron chi connectivity index (χ2n) is 8.13. The molecule has 3 aromatic rings. The van der Waals surface area contributed by atoms with Crippen LogP contribution < -0.4 is 25.6 Å². The van der Waals surface area contributed by atoms with Crippen LogP contribution in [0.2, 0.25) is 0 Å². The zero-order valence-electron chi connectivity index (χ0n) is 20.3. The third-order valence-electron chi connectivity index (χ3n) is 5.81. The molecule has 0 spiro atoms. The van der Waals surface area contributed by atoms with Crippen LogP contribution in [0.1, 0.15) is 6.92 Å². The minimum Gasteiger partial charge on any atom is -0.494 e. The van der Waals surface area contributed by atoms with Crippen molar-refractivity contribution in [2.45, 2.75) is 6.92 Å². The monoisotopic (exact) mass is 487 g/mol. The first-order valence-corrected chi connectivity index (χ1v) is 11.5. The molecule has 2 aromatic carbocycles. The Balaban J connectivity index is 1.47. The molecule has 0 aliphatic carbocycles. The van der Waals surface area contributed by atoms with E-state index in [9.17, 15) is 9.59 Å². The van der Waals surface area contributed by atoms with E-state index in [2.05, 4.69) is 37.4 Å². The molecule has 0 radical (unpaired) electrons. The van der Waals surface area contributed by atoms with Crippen molar-refractivity contribution in [3.8, 4) is 5.75 Å². The standard InChI is InChI=1S/C26H29N7O3/c1-4-25(35)29-21-8-6-5-7-20(21)28-24-11-12-27-26(31-24)30-22-10-9-19(17-23(22)36-3)33-15-13-32(14-16-33)18(2)34/h4-12,17H,1,13-16H2,2-3H3,(H,29,35)(H2,27,28,30,31). The van der Waals surface area contributed by atoms with Crippen LogP contribution in [-0.2, 0) is 9.59 Å². The number of carbonyl (C=O) groups excluding carboxylic acids is 2. The molecule has 1 saturated heterocycles. The number of methoxy groups -OCH3 is 1. The van der Waals surface area contributed by atoms with E-state index in [-0.39, 0.29) is 11.8 Å². The molecule has 10 nitrogen and oxygen atoms in total. The second kappa shape index (κ2) is 11.2. The third kappa shape index (κ3) is 5.90. The number of piperazine rings is 1. The molecule has 0 bridgehead atoms. The average Bonchev–Trinajstić information content (AvgIpc) is 2.90. The lowest BCUT2D eigenvalue weighted by Gasteiger charge is -2.35. The van der Waals surface area contributed by atoms with Crippen molar-refractivity contribution in [2.75, 3.05) is 54.1 Å². The lowest BCUT2D eigenvalue weighted by atomic mass is 10.2. The van der Waals surface area contributed by atoms with Gasteiger partial charge in [0.25, 0.3) is 0 Å². The van der Waals surface area contributed by atoms with Gasteiger partial charge in [-0.25, -0.2) is 4.98 Å². The first-order valence-electron chi connectivity index (χ1n) is 11.5. The van der Waals surface area contributed by atoms with Gasteiger partial charge in [0.2, 0.25) is 17.8 Å². The highest BCUT2D eigenvalue weighted by Gasteiger charge is 2.20. The molecule has 4 rings (SSSR count). The van der Waals surface area contributed by atoms with Gasteiger partial charge in [-0.05, 0) is 36.4 Å². The second-order valence-corrected chi connectivity index (χ2v) is 8.13. The fourth-order valence-corrected chi connectivity index (χ4v) is 3.89. The minimum absolute atomic E-state index is 0.105. The summed E-state index contributed by atoms with van der Waals surface area (Å²) in [5.41, 5.74) is 3.04. The SMILES string of the molecule is C=CC(=O)Nc1ccccc1Nc1ccnc(Nc2ccc(N3CCN(C(C)=O)CC3)cc2OC)n1. The Morgan fingerprint density at radius 3 is 2.44 bits per heavy atom. The molecule has 0 atom stereocenters. The molecule has 0 unspecified atom stereocenters. The molecule has 36 heavy (non-hydrogen) atoms. The van der Waals surface area contributed by atoms with Crippen LogP contribution in [0, 0.1) is 0 Å². The largest absolute Gasteiger partial charge is 0.494 e. The van der Waals surface area contributed by atoms with Crippen molar-refractivity contribution in [3.05, 3.63) is 67.4 Å². The van der Waals surface area contributed by atoms with Crippen LogP contribution in [-0.4, -0.2) is 60.0 Å². The number of benzene rings is 2. The normalized spacial score (nSPS) is 13.1. The van der Waals surface area contributed by atoms with Crippen LogP contribution in [0.5, 0.6) is 5.75 Å². The summed E-state index contributed by atoms with van der Waals surface area (Å²) in [6, 6.07) is 15.0. The van der Waals surface area contributed by atoms with Crippen LogP contribution in [0.15, 0.2) is 67.4 Å². The number of nitrogens with zero attached hydrogens (tertiary/aromatic N) is 4. The fourth-order valence-electron chi connectivity index (χ4n) is 3.89. The zero-order chi connectivity index (χ0) is 25.5. The molecule has 10 heteroatoms. The summed E-state index contributed by atoms with van der Waals surface area (Å²) in [5, 5.41) is 9.20. The number of carbonyl (C=O) groups is 2. The summed E-state index contributed by atoms with van der Waals surface area (Å²) in [5.74, 6) is 1.39. The third-order valence-corrected chi connectivity index (χ3v) is 5.81. The number of nitrogens with one attached hydrogen (secondary N) is 3. The van der Waals surface area contributed by atoms with E-state index in [1.807, 2.05) is 41.3 Å². The average molecular weight is 488 g/mol. The van der Waals surface area contributed by atoms with E-state index < -0.39 is 0 Å². The Morgan fingerprint density at radius 1 is 1.00 bits per heavy atom. The highest BCUT2D eigenvalue weighted by molar-refractivity contribution is 6.01. The van der Waals surface area contributed by atoms with E-state index in [0.29, 0.717) is 42.0 Å². The van der Waals surface area contributed by atoms with Crippen LogP contribution >= 0.6 is 0 Å². The molecule has 2 amide bonds. The molecule has 1 aliphatic heterocycles. The van der Waals surface area contributed by atoms with Gasteiger partial charge < -0.3 is 30.5 Å². The van der Waals surface area contributed by atoms with Gasteiger partial charge in [0.15, 0.2) is 0 Å². The predicted molar refractivity (Wildman–Crippen MR) is 141 cm³/mol. The lowest BCUT2D eigenvalue weighted by molar-refractivity contribution is -0.129. The molecular weight excluding hydrogens is 458 g/mol. The number of ether oxygens (including phenoxy) is 1. The molecule has 1 aromatic heterocycles. The van der Waals surface area contributed by atoms with Gasteiger partial charge in [-0.2, -0.15) is 4.98 Å². The Kier molecular flexibility index (Phi) is 7.64. The van der Waals surface area contributed by atoms with E-state index in [1.165, 1.54) is 6.08 Å². The fraction of sp³-hybridized carbons (Fsp3) is 0.231. The first-order chi connectivity index (χ1) is 17.5. The van der Waals surface area contributed by atoms with Crippen molar-refractivity contribution in [2.24, 2.45) is 0 Å². The highest BCUT2D eigenvalue weighted by Crippen LogP contribution is 2.32. The molecule has 1 fully saturated rings. The number of para-hydroxylation sites is 2. The number of amides is 2. The first kappa shape index (κ1) is 24.5. The molecule has 0 saturated carbocycles. The summed E-state index contributed by atoms with van der Waals surface area (Å²) in [7, 11) is 1.62. The predicted octanol–water partition coefficient (Wildman–Crippen LogP) is 3.77. The van der Waals surface area contributed by atoms with Crippen molar-refractivity contribution in [1.29, 1.82) is 0 Å². The van der Waals surface area contributed by atoms with Gasteiger partial charge in [-0.15, -0.1) is 0 Å². The van der Waals surface area contributed by atoms with Gasteiger partial charge in [0.1, 0.15) is 11.6 Å². The van der Waals surface area contributed by atoms with Crippen LogP contribution in [0.25, 0.3) is 0 Å². The molecule has 186 valence electrons. The van der Waals surface area contributed by atoms with Crippen LogP contribution in [0.4, 0.5) is 34.5 Å². The molecule has 3 N–H and O–H groups in total. The maximum absolute atomic E-state index is 11.7. The summed E-state index contributed by atoms with van der Waals surface area (Å²) in [4.78, 5) is 36.3. The number of hydrogen-bond acceptors (Lipinski definition) is 8. The maximum atomic E-state index is 11.7. The van der Waals surface area contributed by atoms with E-state index in [0.717, 1.165) is 24.5 Å². The maximum Gasteiger partial charge on any atom is 0.247 e. The smallest absolute Gasteiger partial charge is 0.247 e. The Hall–Kier alpha value is -4.60. The number of aromatic nitrogens is 2. The Morgan fingerprint density at radius 2 is 1.75 bits per heavy atom. The van der Waals surface area contributed by atoms with E-state index in [4.69, 9.17) is 4.74 Å². The Labute approximate surface area is 210 Å². The Bertz CT molecular complexity index is 1260. The zero-order valence-corrected chi connectivity index (χ0v) is 20.3. The van der Waals surface area contributed by atoms with Gasteiger partial charge in [0, 0.05) is 51.1 Å². The van der Waals surface area contributed by atoms with Gasteiger partial charge in [0.05, 0.1) is 24.2 Å². The summed E-state index contributed by atoms with van der Waals surface area (Å²) in [6.45, 7) is 8.02. The molecule has 1 aliphatic rings. The lowest BCUT2D eigenvalue weighted by Crippen LogP contribution is -2.48. The number of anilines is 6. The number of rotatable bonds is 8. The van der Waals surface area contributed by atoms with Crippen molar-refractivity contribution >= 4 is 46.3 Å². The topological polar surface area (TPSA) is 112 Å². The highest BCUT2D eigenvalue weighted by atomic mass is 16.5. The van der Waals surface area contributed by atoms with E-state index >= 15 is 0 Å². The molecule has 2 heterocycles. The minimum atomic E-state index is -0.300. The number of hydrogen-bond donors (Lipinski definition) is 3. The van der Waals surface area contributed by atoms with Gasteiger partial charge >= 0.3 is 0 Å². The molecular formula is C26H29N7O3. The summed E-state index contributed by atoms with van der Waals surface area (Å²) < 4.78 is 5.62.